The van der Waals surface area contributed by atoms with E-state index in [1.807, 2.05) is 36.4 Å². The standard InChI is InChI=1S/C19H22BNO3/c1-19(2,3)15-7-4-14(5-8-15)18(22)21-16-9-6-13-10-11-24-20(23)17(13)12-16/h4-9,12,23H,10-11H2,1-3H3,(H,21,22). The summed E-state index contributed by atoms with van der Waals surface area (Å²) in [5.74, 6) is -0.165. The molecule has 0 fully saturated rings. The van der Waals surface area contributed by atoms with E-state index in [4.69, 9.17) is 4.65 Å². The van der Waals surface area contributed by atoms with Gasteiger partial charge in [-0.2, -0.15) is 0 Å². The molecule has 2 N–H and O–H groups in total. The van der Waals surface area contributed by atoms with Gasteiger partial charge in [-0.3, -0.25) is 4.79 Å². The van der Waals surface area contributed by atoms with E-state index in [9.17, 15) is 9.82 Å². The number of rotatable bonds is 2. The Hall–Kier alpha value is -2.11. The first kappa shape index (κ1) is 16.7. The van der Waals surface area contributed by atoms with Crippen LogP contribution in [-0.2, 0) is 16.5 Å². The van der Waals surface area contributed by atoms with Crippen molar-refractivity contribution >= 4 is 24.2 Å². The molecule has 3 rings (SSSR count). The van der Waals surface area contributed by atoms with Crippen molar-refractivity contribution in [1.29, 1.82) is 0 Å². The van der Waals surface area contributed by atoms with E-state index in [0.29, 0.717) is 17.9 Å². The highest BCUT2D eigenvalue weighted by molar-refractivity contribution is 6.61. The lowest BCUT2D eigenvalue weighted by molar-refractivity contribution is 0.102. The summed E-state index contributed by atoms with van der Waals surface area (Å²) in [5.41, 5.74) is 4.29. The van der Waals surface area contributed by atoms with Crippen molar-refractivity contribution < 1.29 is 14.5 Å². The van der Waals surface area contributed by atoms with Gasteiger partial charge in [0.2, 0.25) is 0 Å². The third-order valence-electron chi connectivity index (χ3n) is 4.33. The Morgan fingerprint density at radius 2 is 1.88 bits per heavy atom. The first-order valence-corrected chi connectivity index (χ1v) is 8.19. The third-order valence-corrected chi connectivity index (χ3v) is 4.33. The molecule has 24 heavy (non-hydrogen) atoms. The Morgan fingerprint density at radius 1 is 1.17 bits per heavy atom. The molecular weight excluding hydrogens is 301 g/mol. The summed E-state index contributed by atoms with van der Waals surface area (Å²) in [6.45, 7) is 6.94. The first-order valence-electron chi connectivity index (χ1n) is 8.19. The van der Waals surface area contributed by atoms with Gasteiger partial charge in [-0.15, -0.1) is 0 Å². The van der Waals surface area contributed by atoms with Crippen LogP contribution in [0.3, 0.4) is 0 Å². The van der Waals surface area contributed by atoms with Crippen LogP contribution in [0.1, 0.15) is 42.3 Å². The minimum absolute atomic E-state index is 0.0592. The summed E-state index contributed by atoms with van der Waals surface area (Å²) in [6, 6.07) is 13.2. The highest BCUT2D eigenvalue weighted by Crippen LogP contribution is 2.22. The van der Waals surface area contributed by atoms with Crippen molar-refractivity contribution in [3.05, 3.63) is 59.2 Å². The lowest BCUT2D eigenvalue weighted by Gasteiger charge is -2.20. The van der Waals surface area contributed by atoms with Crippen molar-refractivity contribution in [2.24, 2.45) is 0 Å². The van der Waals surface area contributed by atoms with Gasteiger partial charge in [0.1, 0.15) is 0 Å². The van der Waals surface area contributed by atoms with Crippen LogP contribution in [-0.4, -0.2) is 24.7 Å². The summed E-state index contributed by atoms with van der Waals surface area (Å²) >= 11 is 0. The zero-order valence-corrected chi connectivity index (χ0v) is 14.3. The Morgan fingerprint density at radius 3 is 2.54 bits per heavy atom. The van der Waals surface area contributed by atoms with E-state index in [1.54, 1.807) is 6.07 Å². The monoisotopic (exact) mass is 323 g/mol. The van der Waals surface area contributed by atoms with Crippen LogP contribution in [0.15, 0.2) is 42.5 Å². The van der Waals surface area contributed by atoms with Gasteiger partial charge in [-0.25, -0.2) is 0 Å². The molecule has 0 atom stereocenters. The van der Waals surface area contributed by atoms with Gasteiger partial charge in [-0.1, -0.05) is 39.0 Å². The van der Waals surface area contributed by atoms with E-state index in [0.717, 1.165) is 17.4 Å². The molecule has 0 radical (unpaired) electrons. The molecule has 124 valence electrons. The van der Waals surface area contributed by atoms with Crippen molar-refractivity contribution in [3.63, 3.8) is 0 Å². The second-order valence-corrected chi connectivity index (χ2v) is 7.17. The molecule has 0 saturated carbocycles. The van der Waals surface area contributed by atoms with Crippen molar-refractivity contribution in [3.8, 4) is 0 Å². The van der Waals surface area contributed by atoms with E-state index in [2.05, 4.69) is 26.1 Å². The maximum Gasteiger partial charge on any atom is 0.491 e. The van der Waals surface area contributed by atoms with E-state index < -0.39 is 7.12 Å². The average Bonchev–Trinajstić information content (AvgIpc) is 2.55. The number of fused-ring (bicyclic) bond motifs is 1. The molecule has 0 saturated heterocycles. The maximum absolute atomic E-state index is 12.4. The fraction of sp³-hybridized carbons (Fsp3) is 0.316. The number of anilines is 1. The second kappa shape index (κ2) is 6.42. The smallest absolute Gasteiger partial charge is 0.423 e. The number of hydrogen-bond donors (Lipinski definition) is 2. The largest absolute Gasteiger partial charge is 0.491 e. The minimum atomic E-state index is -0.920. The van der Waals surface area contributed by atoms with Gasteiger partial charge in [0, 0.05) is 17.9 Å². The third kappa shape index (κ3) is 3.52. The van der Waals surface area contributed by atoms with Gasteiger partial charge < -0.3 is 15.0 Å². The van der Waals surface area contributed by atoms with Crippen molar-refractivity contribution in [1.82, 2.24) is 0 Å². The summed E-state index contributed by atoms with van der Waals surface area (Å²) in [4.78, 5) is 12.4. The number of carbonyl (C=O) groups excluding carboxylic acids is 1. The number of carbonyl (C=O) groups is 1. The minimum Gasteiger partial charge on any atom is -0.423 e. The van der Waals surface area contributed by atoms with Gasteiger partial charge in [0.05, 0.1) is 0 Å². The first-order chi connectivity index (χ1) is 11.3. The maximum atomic E-state index is 12.4. The van der Waals surface area contributed by atoms with Crippen molar-refractivity contribution in [2.45, 2.75) is 32.6 Å². The molecule has 0 aromatic heterocycles. The zero-order valence-electron chi connectivity index (χ0n) is 14.3. The van der Waals surface area contributed by atoms with E-state index in [1.165, 1.54) is 5.56 Å². The molecule has 1 aliphatic heterocycles. The van der Waals surface area contributed by atoms with Crippen LogP contribution in [0.4, 0.5) is 5.69 Å². The Bertz CT molecular complexity index is 750. The predicted molar refractivity (Wildman–Crippen MR) is 96.8 cm³/mol. The molecule has 1 aliphatic rings. The highest BCUT2D eigenvalue weighted by Gasteiger charge is 2.25. The normalized spacial score (nSPS) is 14.2. The Kier molecular flexibility index (Phi) is 4.48. The second-order valence-electron chi connectivity index (χ2n) is 7.17. The number of nitrogens with one attached hydrogen (secondary N) is 1. The quantitative estimate of drug-likeness (QED) is 0.835. The van der Waals surface area contributed by atoms with Crippen LogP contribution in [0.5, 0.6) is 0 Å². The topological polar surface area (TPSA) is 58.6 Å². The molecule has 1 heterocycles. The van der Waals surface area contributed by atoms with E-state index >= 15 is 0 Å². The predicted octanol–water partition coefficient (Wildman–Crippen LogP) is 2.50. The molecule has 5 heteroatoms. The van der Waals surface area contributed by atoms with Crippen LogP contribution >= 0.6 is 0 Å². The van der Waals surface area contributed by atoms with Crippen LogP contribution in [0.25, 0.3) is 0 Å². The van der Waals surface area contributed by atoms with E-state index in [-0.39, 0.29) is 11.3 Å². The van der Waals surface area contributed by atoms with Gasteiger partial charge in [-0.05, 0) is 52.7 Å². The summed E-state index contributed by atoms with van der Waals surface area (Å²) in [5, 5.41) is 12.8. The summed E-state index contributed by atoms with van der Waals surface area (Å²) in [7, 11) is -0.920. The van der Waals surface area contributed by atoms with Crippen molar-refractivity contribution in [2.75, 3.05) is 11.9 Å². The lowest BCUT2D eigenvalue weighted by Crippen LogP contribution is -2.41. The summed E-state index contributed by atoms with van der Waals surface area (Å²) < 4.78 is 5.24. The molecule has 0 bridgehead atoms. The molecule has 4 nitrogen and oxygen atoms in total. The summed E-state index contributed by atoms with van der Waals surface area (Å²) in [6.07, 6.45) is 0.773. The fourth-order valence-electron chi connectivity index (χ4n) is 2.83. The van der Waals surface area contributed by atoms with Gasteiger partial charge >= 0.3 is 7.12 Å². The van der Waals surface area contributed by atoms with Gasteiger partial charge in [0.15, 0.2) is 0 Å². The van der Waals surface area contributed by atoms with Crippen LogP contribution in [0, 0.1) is 0 Å². The zero-order chi connectivity index (χ0) is 17.3. The molecule has 1 amide bonds. The number of benzene rings is 2. The Balaban J connectivity index is 1.76. The molecule has 0 unspecified atom stereocenters. The lowest BCUT2D eigenvalue weighted by atomic mass is 9.73. The molecule has 0 aliphatic carbocycles. The molecular formula is C19H22BNO3. The average molecular weight is 323 g/mol. The molecule has 2 aromatic carbocycles. The van der Waals surface area contributed by atoms with Crippen LogP contribution < -0.4 is 10.8 Å². The number of amides is 1. The highest BCUT2D eigenvalue weighted by atomic mass is 16.5. The van der Waals surface area contributed by atoms with Crippen LogP contribution in [0.2, 0.25) is 0 Å². The molecule has 0 spiro atoms. The fourth-order valence-corrected chi connectivity index (χ4v) is 2.83. The number of hydrogen-bond acceptors (Lipinski definition) is 3. The Labute approximate surface area is 143 Å². The van der Waals surface area contributed by atoms with Gasteiger partial charge in [0.25, 0.3) is 5.91 Å². The SMILES string of the molecule is CC(C)(C)c1ccc(C(=O)Nc2ccc3c(c2)B(O)OCC3)cc1. The molecule has 2 aromatic rings.